The average Bonchev–Trinajstić information content (AvgIpc) is 2.43. The number of hydrogen-bond donors (Lipinski definition) is 1. The molecule has 1 aromatic heterocycles. The number of anilines is 1. The van der Waals surface area contributed by atoms with Crippen LogP contribution in [-0.2, 0) is 0 Å². The maximum Gasteiger partial charge on any atom is 0.138 e. The third-order valence-electron chi connectivity index (χ3n) is 2.78. The van der Waals surface area contributed by atoms with E-state index in [0.29, 0.717) is 17.4 Å². The fraction of sp³-hybridized carbons (Fsp3) is 0.286. The van der Waals surface area contributed by atoms with Gasteiger partial charge in [-0.3, -0.25) is 0 Å². The molecule has 0 radical (unpaired) electrons. The van der Waals surface area contributed by atoms with Crippen LogP contribution in [0.4, 0.5) is 5.82 Å². The summed E-state index contributed by atoms with van der Waals surface area (Å²) < 4.78 is 5.48. The van der Waals surface area contributed by atoms with Gasteiger partial charge in [0, 0.05) is 18.7 Å². The van der Waals surface area contributed by atoms with E-state index in [1.165, 1.54) is 6.33 Å². The quantitative estimate of drug-likeness (QED) is 0.928. The van der Waals surface area contributed by atoms with Crippen molar-refractivity contribution in [2.24, 2.45) is 0 Å². The van der Waals surface area contributed by atoms with Crippen LogP contribution in [0, 0.1) is 6.92 Å². The first kappa shape index (κ1) is 13.6. The SMILES string of the molecule is CCOc1cc(C)c(-c2cc(NC)ncn2)cc1Cl. The number of nitrogens with zero attached hydrogens (tertiary/aromatic N) is 2. The minimum atomic E-state index is 0.590. The number of halogens is 1. The Morgan fingerprint density at radius 2 is 2.05 bits per heavy atom. The van der Waals surface area contributed by atoms with Gasteiger partial charge in [0.15, 0.2) is 0 Å². The molecule has 0 atom stereocenters. The van der Waals surface area contributed by atoms with Crippen molar-refractivity contribution in [2.75, 3.05) is 19.0 Å². The van der Waals surface area contributed by atoms with Crippen LogP contribution in [0.2, 0.25) is 5.02 Å². The van der Waals surface area contributed by atoms with Crippen molar-refractivity contribution in [3.05, 3.63) is 35.1 Å². The van der Waals surface area contributed by atoms with Crippen LogP contribution in [0.25, 0.3) is 11.3 Å². The fourth-order valence-corrected chi connectivity index (χ4v) is 2.06. The van der Waals surface area contributed by atoms with Gasteiger partial charge in [0.25, 0.3) is 0 Å². The predicted octanol–water partition coefficient (Wildman–Crippen LogP) is 3.55. The summed E-state index contributed by atoms with van der Waals surface area (Å²) in [6.07, 6.45) is 1.53. The smallest absolute Gasteiger partial charge is 0.138 e. The van der Waals surface area contributed by atoms with E-state index >= 15 is 0 Å². The number of rotatable bonds is 4. The van der Waals surface area contributed by atoms with E-state index in [0.717, 1.165) is 22.6 Å². The highest BCUT2D eigenvalue weighted by molar-refractivity contribution is 6.32. The maximum atomic E-state index is 6.22. The van der Waals surface area contributed by atoms with Crippen LogP contribution in [0.1, 0.15) is 12.5 Å². The van der Waals surface area contributed by atoms with Gasteiger partial charge < -0.3 is 10.1 Å². The molecule has 0 aliphatic carbocycles. The first-order valence-corrected chi connectivity index (χ1v) is 6.46. The van der Waals surface area contributed by atoms with E-state index in [9.17, 15) is 0 Å². The van der Waals surface area contributed by atoms with Crippen molar-refractivity contribution in [3.8, 4) is 17.0 Å². The van der Waals surface area contributed by atoms with E-state index < -0.39 is 0 Å². The molecular formula is C14H16ClN3O. The Bertz CT molecular complexity index is 587. The van der Waals surface area contributed by atoms with Gasteiger partial charge in [0.2, 0.25) is 0 Å². The molecule has 0 spiro atoms. The van der Waals surface area contributed by atoms with Crippen molar-refractivity contribution in [3.63, 3.8) is 0 Å². The molecular weight excluding hydrogens is 262 g/mol. The van der Waals surface area contributed by atoms with E-state index in [2.05, 4.69) is 15.3 Å². The molecule has 0 aliphatic rings. The summed E-state index contributed by atoms with van der Waals surface area (Å²) in [5.41, 5.74) is 2.88. The van der Waals surface area contributed by atoms with E-state index in [4.69, 9.17) is 16.3 Å². The largest absolute Gasteiger partial charge is 0.492 e. The van der Waals surface area contributed by atoms with Gasteiger partial charge in [-0.15, -0.1) is 0 Å². The molecule has 0 aliphatic heterocycles. The molecule has 2 aromatic rings. The normalized spacial score (nSPS) is 10.3. The van der Waals surface area contributed by atoms with Crippen LogP contribution in [0.5, 0.6) is 5.75 Å². The monoisotopic (exact) mass is 277 g/mol. The van der Waals surface area contributed by atoms with Crippen molar-refractivity contribution in [1.29, 1.82) is 0 Å². The summed E-state index contributed by atoms with van der Waals surface area (Å²) in [6, 6.07) is 5.70. The zero-order valence-corrected chi connectivity index (χ0v) is 12.0. The van der Waals surface area contributed by atoms with Gasteiger partial charge in [-0.05, 0) is 31.5 Å². The second kappa shape index (κ2) is 5.89. The highest BCUT2D eigenvalue weighted by Crippen LogP contribution is 2.33. The van der Waals surface area contributed by atoms with Gasteiger partial charge in [-0.2, -0.15) is 0 Å². The topological polar surface area (TPSA) is 47.0 Å². The Labute approximate surface area is 117 Å². The lowest BCUT2D eigenvalue weighted by Gasteiger charge is -2.11. The number of nitrogens with one attached hydrogen (secondary N) is 1. The summed E-state index contributed by atoms with van der Waals surface area (Å²) in [7, 11) is 1.82. The number of aryl methyl sites for hydroxylation is 1. The summed E-state index contributed by atoms with van der Waals surface area (Å²) in [5.74, 6) is 1.47. The molecule has 0 fully saturated rings. The van der Waals surface area contributed by atoms with Crippen molar-refractivity contribution in [1.82, 2.24) is 9.97 Å². The van der Waals surface area contributed by atoms with Crippen molar-refractivity contribution < 1.29 is 4.74 Å². The summed E-state index contributed by atoms with van der Waals surface area (Å²) in [6.45, 7) is 4.54. The van der Waals surface area contributed by atoms with Gasteiger partial charge in [0.05, 0.1) is 17.3 Å². The predicted molar refractivity (Wildman–Crippen MR) is 77.9 cm³/mol. The van der Waals surface area contributed by atoms with Crippen LogP contribution >= 0.6 is 11.6 Å². The number of aromatic nitrogens is 2. The van der Waals surface area contributed by atoms with E-state index in [-0.39, 0.29) is 0 Å². The van der Waals surface area contributed by atoms with E-state index in [1.54, 1.807) is 0 Å². The van der Waals surface area contributed by atoms with Crippen LogP contribution < -0.4 is 10.1 Å². The van der Waals surface area contributed by atoms with Crippen LogP contribution in [0.3, 0.4) is 0 Å². The molecule has 1 N–H and O–H groups in total. The molecule has 1 heterocycles. The zero-order valence-electron chi connectivity index (χ0n) is 11.2. The first-order chi connectivity index (χ1) is 9.15. The minimum absolute atomic E-state index is 0.590. The standard InChI is InChI=1S/C14H16ClN3O/c1-4-19-13-5-9(2)10(6-11(13)15)12-7-14(16-3)18-8-17-12/h5-8H,4H2,1-3H3,(H,16,17,18). The Morgan fingerprint density at radius 3 is 2.74 bits per heavy atom. The third kappa shape index (κ3) is 2.96. The second-order valence-electron chi connectivity index (χ2n) is 4.07. The van der Waals surface area contributed by atoms with Crippen molar-refractivity contribution in [2.45, 2.75) is 13.8 Å². The first-order valence-electron chi connectivity index (χ1n) is 6.08. The lowest BCUT2D eigenvalue weighted by Crippen LogP contribution is -1.97. The lowest BCUT2D eigenvalue weighted by atomic mass is 10.0. The lowest BCUT2D eigenvalue weighted by molar-refractivity contribution is 0.340. The van der Waals surface area contributed by atoms with Gasteiger partial charge in [0.1, 0.15) is 17.9 Å². The third-order valence-corrected chi connectivity index (χ3v) is 3.07. The summed E-state index contributed by atoms with van der Waals surface area (Å²) in [5, 5.41) is 3.58. The molecule has 0 saturated heterocycles. The molecule has 0 amide bonds. The highest BCUT2D eigenvalue weighted by atomic mass is 35.5. The Morgan fingerprint density at radius 1 is 1.26 bits per heavy atom. The molecule has 0 bridgehead atoms. The molecule has 0 saturated carbocycles. The Hall–Kier alpha value is -1.81. The summed E-state index contributed by atoms with van der Waals surface area (Å²) >= 11 is 6.22. The molecule has 100 valence electrons. The van der Waals surface area contributed by atoms with Crippen molar-refractivity contribution >= 4 is 17.4 Å². The number of hydrogen-bond acceptors (Lipinski definition) is 4. The van der Waals surface area contributed by atoms with Gasteiger partial charge in [-0.1, -0.05) is 11.6 Å². The minimum Gasteiger partial charge on any atom is -0.492 e. The van der Waals surface area contributed by atoms with E-state index in [1.807, 2.05) is 39.1 Å². The Balaban J connectivity index is 2.47. The highest BCUT2D eigenvalue weighted by Gasteiger charge is 2.10. The fourth-order valence-electron chi connectivity index (χ4n) is 1.84. The second-order valence-corrected chi connectivity index (χ2v) is 4.48. The van der Waals surface area contributed by atoms with Crippen LogP contribution in [-0.4, -0.2) is 23.6 Å². The van der Waals surface area contributed by atoms with Crippen LogP contribution in [0.15, 0.2) is 24.5 Å². The molecule has 2 rings (SSSR count). The molecule has 19 heavy (non-hydrogen) atoms. The average molecular weight is 278 g/mol. The summed E-state index contributed by atoms with van der Waals surface area (Å²) in [4.78, 5) is 8.39. The maximum absolute atomic E-state index is 6.22. The Kier molecular flexibility index (Phi) is 4.22. The molecule has 4 nitrogen and oxygen atoms in total. The van der Waals surface area contributed by atoms with Gasteiger partial charge >= 0.3 is 0 Å². The molecule has 0 unspecified atom stereocenters. The van der Waals surface area contributed by atoms with Gasteiger partial charge in [-0.25, -0.2) is 9.97 Å². The number of ether oxygens (including phenoxy) is 1. The molecule has 1 aromatic carbocycles. The number of benzene rings is 1. The zero-order chi connectivity index (χ0) is 13.8. The molecule has 5 heteroatoms.